The van der Waals surface area contributed by atoms with Crippen LogP contribution in [0.5, 0.6) is 11.5 Å². The van der Waals surface area contributed by atoms with Crippen LogP contribution in [0.2, 0.25) is 0 Å². The first kappa shape index (κ1) is 15.9. The number of methoxy groups -OCH3 is 1. The number of rotatable bonds is 7. The van der Waals surface area contributed by atoms with Gasteiger partial charge in [0, 0.05) is 6.54 Å². The predicted octanol–water partition coefficient (Wildman–Crippen LogP) is 3.09. The Hall–Kier alpha value is -2.49. The van der Waals surface area contributed by atoms with E-state index in [9.17, 15) is 4.79 Å². The van der Waals surface area contributed by atoms with Crippen LogP contribution in [0.4, 0.5) is 0 Å². The summed E-state index contributed by atoms with van der Waals surface area (Å²) in [5.74, 6) is 1.55. The van der Waals surface area contributed by atoms with E-state index in [4.69, 9.17) is 9.47 Å². The van der Waals surface area contributed by atoms with E-state index in [1.807, 2.05) is 55.5 Å². The molecule has 0 atom stereocenters. The second-order valence-electron chi connectivity index (χ2n) is 5.04. The number of amides is 1. The molecule has 0 spiro atoms. The van der Waals surface area contributed by atoms with Crippen molar-refractivity contribution in [2.24, 2.45) is 0 Å². The lowest BCUT2D eigenvalue weighted by Crippen LogP contribution is -2.24. The van der Waals surface area contributed by atoms with E-state index in [-0.39, 0.29) is 5.91 Å². The van der Waals surface area contributed by atoms with Gasteiger partial charge in [-0.3, -0.25) is 4.79 Å². The number of carbonyl (C=O) groups excluding carboxylic acids is 1. The smallest absolute Gasteiger partial charge is 0.223 e. The van der Waals surface area contributed by atoms with Crippen LogP contribution in [0.1, 0.15) is 17.5 Å². The lowest BCUT2D eigenvalue weighted by Gasteiger charge is -2.08. The number of ether oxygens (including phenoxy) is 2. The molecule has 116 valence electrons. The van der Waals surface area contributed by atoms with Crippen molar-refractivity contribution in [1.82, 2.24) is 5.32 Å². The molecule has 0 aliphatic rings. The Morgan fingerprint density at radius 1 is 1.09 bits per heavy atom. The van der Waals surface area contributed by atoms with Gasteiger partial charge in [0.05, 0.1) is 20.1 Å². The molecule has 0 aliphatic carbocycles. The van der Waals surface area contributed by atoms with Crippen LogP contribution in [-0.4, -0.2) is 19.6 Å². The van der Waals surface area contributed by atoms with Crippen LogP contribution in [0.25, 0.3) is 0 Å². The van der Waals surface area contributed by atoms with Gasteiger partial charge in [0.1, 0.15) is 11.5 Å². The minimum Gasteiger partial charge on any atom is -0.497 e. The summed E-state index contributed by atoms with van der Waals surface area (Å²) in [4.78, 5) is 11.8. The Morgan fingerprint density at radius 3 is 2.64 bits per heavy atom. The van der Waals surface area contributed by atoms with Crippen molar-refractivity contribution in [3.8, 4) is 11.5 Å². The summed E-state index contributed by atoms with van der Waals surface area (Å²) in [5, 5.41) is 2.87. The molecule has 0 heterocycles. The van der Waals surface area contributed by atoms with E-state index in [1.165, 1.54) is 0 Å². The third kappa shape index (κ3) is 5.13. The molecule has 0 bridgehead atoms. The Labute approximate surface area is 131 Å². The van der Waals surface area contributed by atoms with Gasteiger partial charge < -0.3 is 14.8 Å². The van der Waals surface area contributed by atoms with Crippen molar-refractivity contribution in [1.29, 1.82) is 0 Å². The van der Waals surface area contributed by atoms with Crippen LogP contribution in [0.3, 0.4) is 0 Å². The van der Waals surface area contributed by atoms with Gasteiger partial charge in [0.15, 0.2) is 0 Å². The van der Waals surface area contributed by atoms with Gasteiger partial charge in [-0.1, -0.05) is 24.3 Å². The molecule has 2 rings (SSSR count). The molecule has 2 aromatic rings. The number of hydrogen-bond acceptors (Lipinski definition) is 3. The lowest BCUT2D eigenvalue weighted by atomic mass is 10.2. The second-order valence-corrected chi connectivity index (χ2v) is 5.04. The molecule has 0 fully saturated rings. The van der Waals surface area contributed by atoms with Crippen LogP contribution >= 0.6 is 0 Å². The number of nitrogens with one attached hydrogen (secondary N) is 1. The summed E-state index contributed by atoms with van der Waals surface area (Å²) < 4.78 is 10.7. The first-order valence-electron chi connectivity index (χ1n) is 7.26. The van der Waals surface area contributed by atoms with Gasteiger partial charge in [-0.05, 0) is 42.3 Å². The first-order chi connectivity index (χ1) is 10.7. The lowest BCUT2D eigenvalue weighted by molar-refractivity contribution is -0.121. The van der Waals surface area contributed by atoms with Crippen LogP contribution in [0, 0.1) is 6.92 Å². The molecule has 0 saturated heterocycles. The normalized spacial score (nSPS) is 10.1. The molecule has 1 N–H and O–H groups in total. The molecular formula is C18H21NO3. The van der Waals surface area contributed by atoms with Crippen LogP contribution in [0.15, 0.2) is 48.5 Å². The molecule has 2 aromatic carbocycles. The molecule has 0 aliphatic heterocycles. The van der Waals surface area contributed by atoms with E-state index in [0.717, 1.165) is 22.6 Å². The maximum atomic E-state index is 11.8. The van der Waals surface area contributed by atoms with Gasteiger partial charge in [-0.25, -0.2) is 0 Å². The summed E-state index contributed by atoms with van der Waals surface area (Å²) >= 11 is 0. The van der Waals surface area contributed by atoms with Crippen LogP contribution < -0.4 is 14.8 Å². The average Bonchev–Trinajstić information content (AvgIpc) is 2.53. The number of aryl methyl sites for hydroxylation is 1. The minimum atomic E-state index is -0.0320. The van der Waals surface area contributed by atoms with Crippen molar-refractivity contribution >= 4 is 5.91 Å². The highest BCUT2D eigenvalue weighted by molar-refractivity contribution is 5.76. The number of hydrogen-bond donors (Lipinski definition) is 1. The van der Waals surface area contributed by atoms with Crippen molar-refractivity contribution in [3.63, 3.8) is 0 Å². The van der Waals surface area contributed by atoms with Gasteiger partial charge in [-0.15, -0.1) is 0 Å². The van der Waals surface area contributed by atoms with Gasteiger partial charge in [0.2, 0.25) is 5.91 Å². The highest BCUT2D eigenvalue weighted by atomic mass is 16.5. The Balaban J connectivity index is 1.71. The summed E-state index contributed by atoms with van der Waals surface area (Å²) in [7, 11) is 1.63. The Bertz CT molecular complexity index is 625. The van der Waals surface area contributed by atoms with Gasteiger partial charge >= 0.3 is 0 Å². The standard InChI is InChI=1S/C18H21NO3/c1-14-5-3-8-17(11-14)22-10-9-18(20)19-13-15-6-4-7-16(12-15)21-2/h3-8,11-12H,9-10,13H2,1-2H3,(H,19,20). The summed E-state index contributed by atoms with van der Waals surface area (Å²) in [6.07, 6.45) is 0.331. The highest BCUT2D eigenvalue weighted by Crippen LogP contribution is 2.13. The second kappa shape index (κ2) is 8.08. The fourth-order valence-electron chi connectivity index (χ4n) is 2.04. The molecular weight excluding hydrogens is 278 g/mol. The number of carbonyl (C=O) groups is 1. The van der Waals surface area contributed by atoms with Crippen molar-refractivity contribution < 1.29 is 14.3 Å². The molecule has 22 heavy (non-hydrogen) atoms. The van der Waals surface area contributed by atoms with Crippen molar-refractivity contribution in [2.75, 3.05) is 13.7 Å². The van der Waals surface area contributed by atoms with E-state index in [0.29, 0.717) is 19.6 Å². The van der Waals surface area contributed by atoms with Gasteiger partial charge in [0.25, 0.3) is 0 Å². The minimum absolute atomic E-state index is 0.0320. The largest absolute Gasteiger partial charge is 0.497 e. The molecule has 0 saturated carbocycles. The third-order valence-corrected chi connectivity index (χ3v) is 3.21. The molecule has 4 nitrogen and oxygen atoms in total. The summed E-state index contributed by atoms with van der Waals surface area (Å²) in [6, 6.07) is 15.4. The van der Waals surface area contributed by atoms with E-state index in [2.05, 4.69) is 5.32 Å². The average molecular weight is 299 g/mol. The quantitative estimate of drug-likeness (QED) is 0.854. The van der Waals surface area contributed by atoms with Crippen LogP contribution in [-0.2, 0) is 11.3 Å². The Morgan fingerprint density at radius 2 is 1.86 bits per heavy atom. The zero-order valence-electron chi connectivity index (χ0n) is 13.0. The SMILES string of the molecule is COc1cccc(CNC(=O)CCOc2cccc(C)c2)c1. The van der Waals surface area contributed by atoms with Gasteiger partial charge in [-0.2, -0.15) is 0 Å². The first-order valence-corrected chi connectivity index (χ1v) is 7.26. The van der Waals surface area contributed by atoms with E-state index >= 15 is 0 Å². The molecule has 0 aromatic heterocycles. The fraction of sp³-hybridized carbons (Fsp3) is 0.278. The van der Waals surface area contributed by atoms with Crippen molar-refractivity contribution in [3.05, 3.63) is 59.7 Å². The summed E-state index contributed by atoms with van der Waals surface area (Å²) in [6.45, 7) is 2.86. The molecule has 0 radical (unpaired) electrons. The monoisotopic (exact) mass is 299 g/mol. The summed E-state index contributed by atoms with van der Waals surface area (Å²) in [5.41, 5.74) is 2.15. The third-order valence-electron chi connectivity index (χ3n) is 3.21. The molecule has 0 unspecified atom stereocenters. The number of benzene rings is 2. The zero-order chi connectivity index (χ0) is 15.8. The maximum absolute atomic E-state index is 11.8. The fourth-order valence-corrected chi connectivity index (χ4v) is 2.04. The topological polar surface area (TPSA) is 47.6 Å². The Kier molecular flexibility index (Phi) is 5.83. The van der Waals surface area contributed by atoms with E-state index in [1.54, 1.807) is 7.11 Å². The van der Waals surface area contributed by atoms with E-state index < -0.39 is 0 Å². The van der Waals surface area contributed by atoms with Crippen molar-refractivity contribution in [2.45, 2.75) is 19.9 Å². The molecule has 1 amide bonds. The predicted molar refractivity (Wildman–Crippen MR) is 86.1 cm³/mol. The zero-order valence-corrected chi connectivity index (χ0v) is 13.0. The maximum Gasteiger partial charge on any atom is 0.223 e. The molecule has 4 heteroatoms. The highest BCUT2D eigenvalue weighted by Gasteiger charge is 2.03.